The molecule has 1 atom stereocenters. The molecule has 0 saturated heterocycles. The number of alkyl carbamates (subject to hydrolysis) is 1. The highest BCUT2D eigenvalue weighted by Crippen LogP contribution is 2.28. The Morgan fingerprint density at radius 1 is 0.881 bits per heavy atom. The molecule has 12 heteroatoms. The van der Waals surface area contributed by atoms with Crippen LogP contribution in [-0.4, -0.2) is 69.9 Å². The number of nitrogens with one attached hydrogen (secondary N) is 2. The number of benzene rings is 2. The molecule has 1 unspecified atom stereocenters. The van der Waals surface area contributed by atoms with E-state index in [-0.39, 0.29) is 11.1 Å². The molecule has 0 fully saturated rings. The Morgan fingerprint density at radius 3 is 2.05 bits per heavy atom. The van der Waals surface area contributed by atoms with Crippen LogP contribution in [0, 0.1) is 0 Å². The van der Waals surface area contributed by atoms with Crippen molar-refractivity contribution >= 4 is 29.7 Å². The molecule has 0 bridgehead atoms. The average Bonchev–Trinajstić information content (AvgIpc) is 3.18. The van der Waals surface area contributed by atoms with E-state index in [1.54, 1.807) is 63.4 Å². The predicted octanol–water partition coefficient (Wildman–Crippen LogP) is 4.14. The molecule has 1 aliphatic heterocycles. The second kappa shape index (κ2) is 12.3. The molecule has 220 valence electrons. The van der Waals surface area contributed by atoms with Gasteiger partial charge in [0.15, 0.2) is 0 Å². The maximum atomic E-state index is 12.6. The van der Waals surface area contributed by atoms with E-state index in [4.69, 9.17) is 14.3 Å². The van der Waals surface area contributed by atoms with Crippen LogP contribution in [0.25, 0.3) is 11.1 Å². The van der Waals surface area contributed by atoms with Gasteiger partial charge in [0.25, 0.3) is 11.8 Å². The number of hydrogen-bond acceptors (Lipinski definition) is 9. The summed E-state index contributed by atoms with van der Waals surface area (Å²) >= 11 is 0. The van der Waals surface area contributed by atoms with Gasteiger partial charge >= 0.3 is 12.1 Å². The van der Waals surface area contributed by atoms with Gasteiger partial charge in [-0.15, -0.1) is 5.06 Å². The minimum Gasteiger partial charge on any atom is -0.490 e. The van der Waals surface area contributed by atoms with E-state index in [1.807, 2.05) is 12.1 Å². The molecule has 3 aromatic rings. The van der Waals surface area contributed by atoms with Gasteiger partial charge in [-0.25, -0.2) is 19.4 Å². The number of aliphatic carboxylic acids is 1. The topological polar surface area (TPSA) is 156 Å². The molecule has 0 aliphatic carbocycles. The number of amides is 3. The number of hydrogen-bond donors (Lipinski definition) is 3. The molecule has 1 aromatic heterocycles. The van der Waals surface area contributed by atoms with Crippen LogP contribution >= 0.6 is 0 Å². The molecule has 12 nitrogen and oxygen atoms in total. The van der Waals surface area contributed by atoms with Crippen molar-refractivity contribution in [1.29, 1.82) is 0 Å². The smallest absolute Gasteiger partial charge is 0.407 e. The molecule has 3 N–H and O–H groups in total. The summed E-state index contributed by atoms with van der Waals surface area (Å²) in [6.45, 7) is 6.97. The Kier molecular flexibility index (Phi) is 8.76. The molecule has 0 radical (unpaired) electrons. The van der Waals surface area contributed by atoms with E-state index in [9.17, 15) is 24.3 Å². The van der Waals surface area contributed by atoms with Crippen LogP contribution in [0.3, 0.4) is 0 Å². The van der Waals surface area contributed by atoms with Crippen LogP contribution in [0.1, 0.15) is 48.4 Å². The van der Waals surface area contributed by atoms with Crippen LogP contribution in [0.4, 0.5) is 10.6 Å². The number of rotatable bonds is 11. The lowest BCUT2D eigenvalue weighted by Gasteiger charge is -2.28. The lowest BCUT2D eigenvalue weighted by Crippen LogP contribution is -2.50. The van der Waals surface area contributed by atoms with Crippen molar-refractivity contribution in [1.82, 2.24) is 15.4 Å². The number of carbonyl (C=O) groups excluding carboxylic acids is 3. The van der Waals surface area contributed by atoms with Crippen molar-refractivity contribution in [3.8, 4) is 16.9 Å². The summed E-state index contributed by atoms with van der Waals surface area (Å²) in [5, 5.41) is 16.1. The summed E-state index contributed by atoms with van der Waals surface area (Å²) in [7, 11) is 0. The molecule has 1 aliphatic rings. The van der Waals surface area contributed by atoms with Gasteiger partial charge in [0, 0.05) is 24.8 Å². The van der Waals surface area contributed by atoms with Crippen LogP contribution in [0.5, 0.6) is 5.75 Å². The zero-order chi connectivity index (χ0) is 30.5. The quantitative estimate of drug-likeness (QED) is 0.224. The van der Waals surface area contributed by atoms with Crippen molar-refractivity contribution in [2.45, 2.75) is 38.9 Å². The fraction of sp³-hybridized carbons (Fsp3) is 0.300. The summed E-state index contributed by atoms with van der Waals surface area (Å²) in [5.41, 5.74) is -0.627. The number of carbonyl (C=O) groups is 4. The van der Waals surface area contributed by atoms with E-state index in [2.05, 4.69) is 15.6 Å². The summed E-state index contributed by atoms with van der Waals surface area (Å²) in [6, 6.07) is 16.7. The number of carboxylic acids is 1. The van der Waals surface area contributed by atoms with Gasteiger partial charge in [-0.05, 0) is 69.7 Å². The monoisotopic (exact) mass is 576 g/mol. The highest BCUT2D eigenvalue weighted by Gasteiger charge is 2.45. The van der Waals surface area contributed by atoms with E-state index in [0.29, 0.717) is 29.7 Å². The van der Waals surface area contributed by atoms with Gasteiger partial charge in [0.1, 0.15) is 23.8 Å². The van der Waals surface area contributed by atoms with Crippen LogP contribution in [0.2, 0.25) is 0 Å². The zero-order valence-corrected chi connectivity index (χ0v) is 23.7. The third kappa shape index (κ3) is 7.21. The Balaban J connectivity index is 1.30. The normalized spacial score (nSPS) is 14.1. The number of aromatic nitrogens is 1. The predicted molar refractivity (Wildman–Crippen MR) is 152 cm³/mol. The maximum Gasteiger partial charge on any atom is 0.407 e. The van der Waals surface area contributed by atoms with E-state index in [1.165, 1.54) is 19.1 Å². The van der Waals surface area contributed by atoms with Crippen LogP contribution < -0.4 is 15.4 Å². The number of nitrogens with zero attached hydrogens (tertiary/aromatic N) is 2. The molecule has 42 heavy (non-hydrogen) atoms. The highest BCUT2D eigenvalue weighted by molar-refractivity contribution is 6.20. The maximum absolute atomic E-state index is 12.6. The Bertz CT molecular complexity index is 1430. The minimum absolute atomic E-state index is 0.139. The number of pyridine rings is 1. The molecule has 4 rings (SSSR count). The lowest BCUT2D eigenvalue weighted by atomic mass is 10.1. The largest absolute Gasteiger partial charge is 0.490 e. The van der Waals surface area contributed by atoms with Gasteiger partial charge in [-0.2, -0.15) is 0 Å². The summed E-state index contributed by atoms with van der Waals surface area (Å²) in [5.74, 6) is -1.88. The van der Waals surface area contributed by atoms with Crippen molar-refractivity contribution < 1.29 is 38.6 Å². The van der Waals surface area contributed by atoms with E-state index < -0.39 is 41.7 Å². The SMILES string of the molecule is CC(C)(C)OC(=O)NCCNc1ccc(-c2ccc(OCC(C)(ON3C(=O)c4ccccc4C3=O)C(=O)O)cc2)cn1. The number of carboxylic acid groups (broad SMARTS) is 1. The second-order valence-corrected chi connectivity index (χ2v) is 10.7. The first kappa shape index (κ1) is 30.0. The number of imide groups is 1. The minimum atomic E-state index is -2.03. The number of anilines is 1. The molecule has 0 saturated carbocycles. The number of fused-ring (bicyclic) bond motifs is 1. The third-order valence-electron chi connectivity index (χ3n) is 6.07. The number of hydroxylamine groups is 2. The summed E-state index contributed by atoms with van der Waals surface area (Å²) in [6.07, 6.45) is 1.21. The summed E-state index contributed by atoms with van der Waals surface area (Å²) < 4.78 is 10.9. The van der Waals surface area contributed by atoms with Gasteiger partial charge in [0.05, 0.1) is 11.1 Å². The van der Waals surface area contributed by atoms with Gasteiger partial charge in [-0.1, -0.05) is 24.3 Å². The molecule has 0 spiro atoms. The Hall–Kier alpha value is -4.97. The Labute approximate surface area is 242 Å². The zero-order valence-electron chi connectivity index (χ0n) is 23.7. The third-order valence-corrected chi connectivity index (χ3v) is 6.07. The standard InChI is InChI=1S/C30H32N4O8/c1-29(2,3)41-28(39)32-16-15-31-24-14-11-20(17-33-24)19-9-12-21(13-10-19)40-18-30(4,27(37)38)42-34-25(35)22-7-5-6-8-23(22)26(34)36/h5-14,17H,15-16,18H2,1-4H3,(H,31,33)(H,32,39)(H,37,38). The first-order valence-electron chi connectivity index (χ1n) is 13.2. The summed E-state index contributed by atoms with van der Waals surface area (Å²) in [4.78, 5) is 58.8. The van der Waals surface area contributed by atoms with Crippen LogP contribution in [-0.2, 0) is 14.4 Å². The first-order chi connectivity index (χ1) is 19.9. The fourth-order valence-corrected chi connectivity index (χ4v) is 3.88. The first-order valence-corrected chi connectivity index (χ1v) is 13.2. The van der Waals surface area contributed by atoms with Crippen molar-refractivity contribution in [3.63, 3.8) is 0 Å². The molecular formula is C30H32N4O8. The van der Waals surface area contributed by atoms with Crippen molar-refractivity contribution in [2.75, 3.05) is 25.0 Å². The molecular weight excluding hydrogens is 544 g/mol. The van der Waals surface area contributed by atoms with Crippen molar-refractivity contribution in [3.05, 3.63) is 78.0 Å². The van der Waals surface area contributed by atoms with Crippen molar-refractivity contribution in [2.24, 2.45) is 0 Å². The van der Waals surface area contributed by atoms with E-state index >= 15 is 0 Å². The second-order valence-electron chi connectivity index (χ2n) is 10.7. The fourth-order valence-electron chi connectivity index (χ4n) is 3.88. The molecule has 2 aromatic carbocycles. The Morgan fingerprint density at radius 2 is 1.50 bits per heavy atom. The average molecular weight is 577 g/mol. The lowest BCUT2D eigenvalue weighted by molar-refractivity contribution is -0.210. The highest BCUT2D eigenvalue weighted by atomic mass is 16.7. The van der Waals surface area contributed by atoms with E-state index in [0.717, 1.165) is 11.1 Å². The van der Waals surface area contributed by atoms with Gasteiger partial charge < -0.3 is 25.2 Å². The molecule has 3 amide bonds. The van der Waals surface area contributed by atoms with Crippen LogP contribution in [0.15, 0.2) is 66.9 Å². The molecule has 2 heterocycles. The van der Waals surface area contributed by atoms with Gasteiger partial charge in [0.2, 0.25) is 5.60 Å². The van der Waals surface area contributed by atoms with Gasteiger partial charge in [-0.3, -0.25) is 9.59 Å². The number of ether oxygens (including phenoxy) is 2.